The van der Waals surface area contributed by atoms with Crippen LogP contribution in [0.5, 0.6) is 0 Å². The molecule has 0 aliphatic heterocycles. The SMILES string of the molecule is CCCCC/C=C\C/C=C\C/C=C\CCCCCCC(=O)OC[C@@H](COC(=O)CCCCCCC/C=C\CCCCCCC)OC(=O)CCCC/C=C\C/C=C\C/C=C\CCCCC. The fourth-order valence-electron chi connectivity index (χ4n) is 7.04. The fraction of sp³-hybridized carbons (Fsp3) is 0.707. The van der Waals surface area contributed by atoms with E-state index in [2.05, 4.69) is 106 Å². The largest absolute Gasteiger partial charge is 0.462 e. The molecular weight excluding hydrogens is 793 g/mol. The van der Waals surface area contributed by atoms with Gasteiger partial charge in [-0.05, 0) is 122 Å². The summed E-state index contributed by atoms with van der Waals surface area (Å²) >= 11 is 0. The summed E-state index contributed by atoms with van der Waals surface area (Å²) in [6.45, 7) is 6.51. The van der Waals surface area contributed by atoms with Crippen molar-refractivity contribution in [3.05, 3.63) is 85.1 Å². The molecule has 0 bridgehead atoms. The van der Waals surface area contributed by atoms with Crippen molar-refractivity contribution < 1.29 is 28.6 Å². The maximum Gasteiger partial charge on any atom is 0.306 e. The van der Waals surface area contributed by atoms with Gasteiger partial charge >= 0.3 is 17.9 Å². The van der Waals surface area contributed by atoms with Crippen LogP contribution in [0.1, 0.15) is 245 Å². The molecule has 0 amide bonds. The Balaban J connectivity index is 4.50. The van der Waals surface area contributed by atoms with Crippen LogP contribution in [-0.4, -0.2) is 37.2 Å². The number of hydrogen-bond acceptors (Lipinski definition) is 6. The van der Waals surface area contributed by atoms with E-state index in [4.69, 9.17) is 14.2 Å². The lowest BCUT2D eigenvalue weighted by molar-refractivity contribution is -0.167. The number of carbonyl (C=O) groups is 3. The number of unbranched alkanes of at least 4 members (excludes halogenated alkanes) is 22. The van der Waals surface area contributed by atoms with Gasteiger partial charge in [0.15, 0.2) is 6.10 Å². The summed E-state index contributed by atoms with van der Waals surface area (Å²) < 4.78 is 16.8. The molecule has 6 nitrogen and oxygen atoms in total. The molecule has 0 fully saturated rings. The first-order valence-corrected chi connectivity index (χ1v) is 26.6. The topological polar surface area (TPSA) is 78.9 Å². The normalized spacial score (nSPS) is 12.7. The maximum atomic E-state index is 12.8. The maximum absolute atomic E-state index is 12.8. The number of allylic oxidation sites excluding steroid dienone is 14. The molecule has 1 atom stereocenters. The molecule has 0 aliphatic carbocycles. The summed E-state index contributed by atoms with van der Waals surface area (Å²) in [5, 5.41) is 0. The predicted octanol–water partition coefficient (Wildman–Crippen LogP) is 17.6. The third-order valence-electron chi connectivity index (χ3n) is 11.1. The molecule has 0 unspecified atom stereocenters. The number of hydrogen-bond donors (Lipinski definition) is 0. The minimum atomic E-state index is -0.809. The van der Waals surface area contributed by atoms with Gasteiger partial charge in [-0.25, -0.2) is 0 Å². The van der Waals surface area contributed by atoms with Gasteiger partial charge in [0.05, 0.1) is 0 Å². The lowest BCUT2D eigenvalue weighted by atomic mass is 10.1. The highest BCUT2D eigenvalue weighted by molar-refractivity contribution is 5.71. The Morgan fingerprint density at radius 1 is 0.312 bits per heavy atom. The molecule has 0 rings (SSSR count). The van der Waals surface area contributed by atoms with Crippen molar-refractivity contribution in [2.75, 3.05) is 13.2 Å². The van der Waals surface area contributed by atoms with E-state index in [-0.39, 0.29) is 37.5 Å². The average molecular weight is 891 g/mol. The molecule has 0 aromatic rings. The molecule has 6 heteroatoms. The van der Waals surface area contributed by atoms with Gasteiger partial charge in [0.25, 0.3) is 0 Å². The first-order valence-electron chi connectivity index (χ1n) is 26.6. The summed E-state index contributed by atoms with van der Waals surface area (Å²) in [6, 6.07) is 0. The molecule has 64 heavy (non-hydrogen) atoms. The Morgan fingerprint density at radius 3 is 0.953 bits per heavy atom. The first-order chi connectivity index (χ1) is 31.5. The van der Waals surface area contributed by atoms with E-state index in [1.54, 1.807) is 0 Å². The summed E-state index contributed by atoms with van der Waals surface area (Å²) in [4.78, 5) is 38.0. The van der Waals surface area contributed by atoms with Crippen LogP contribution < -0.4 is 0 Å². The smallest absolute Gasteiger partial charge is 0.306 e. The highest BCUT2D eigenvalue weighted by Gasteiger charge is 2.19. The fourth-order valence-corrected chi connectivity index (χ4v) is 7.04. The van der Waals surface area contributed by atoms with Gasteiger partial charge in [-0.2, -0.15) is 0 Å². The summed E-state index contributed by atoms with van der Waals surface area (Å²) in [5.41, 5.74) is 0. The minimum absolute atomic E-state index is 0.104. The minimum Gasteiger partial charge on any atom is -0.462 e. The van der Waals surface area contributed by atoms with E-state index < -0.39 is 6.10 Å². The Hall–Kier alpha value is -3.41. The van der Waals surface area contributed by atoms with E-state index in [1.807, 2.05) is 0 Å². The van der Waals surface area contributed by atoms with Crippen molar-refractivity contribution in [2.24, 2.45) is 0 Å². The number of rotatable bonds is 47. The molecular formula is C58H98O6. The van der Waals surface area contributed by atoms with Crippen LogP contribution >= 0.6 is 0 Å². The zero-order valence-corrected chi connectivity index (χ0v) is 41.8. The number of carbonyl (C=O) groups excluding carboxylic acids is 3. The lowest BCUT2D eigenvalue weighted by Crippen LogP contribution is -2.30. The van der Waals surface area contributed by atoms with Gasteiger partial charge in [0.1, 0.15) is 13.2 Å². The first kappa shape index (κ1) is 60.6. The van der Waals surface area contributed by atoms with Gasteiger partial charge in [-0.15, -0.1) is 0 Å². The molecule has 0 spiro atoms. The summed E-state index contributed by atoms with van der Waals surface area (Å²) in [7, 11) is 0. The Labute approximate surface area is 395 Å². The van der Waals surface area contributed by atoms with E-state index in [1.165, 1.54) is 96.3 Å². The molecule has 0 heterocycles. The quantitative estimate of drug-likeness (QED) is 0.0262. The zero-order valence-electron chi connectivity index (χ0n) is 41.8. The molecule has 0 saturated heterocycles. The van der Waals surface area contributed by atoms with E-state index in [9.17, 15) is 14.4 Å². The monoisotopic (exact) mass is 891 g/mol. The molecule has 366 valence electrons. The van der Waals surface area contributed by atoms with E-state index in [0.717, 1.165) is 103 Å². The van der Waals surface area contributed by atoms with Gasteiger partial charge in [0.2, 0.25) is 0 Å². The van der Waals surface area contributed by atoms with Crippen molar-refractivity contribution in [3.8, 4) is 0 Å². The molecule has 0 saturated carbocycles. The van der Waals surface area contributed by atoms with Crippen LogP contribution in [0.25, 0.3) is 0 Å². The van der Waals surface area contributed by atoms with Crippen molar-refractivity contribution in [1.82, 2.24) is 0 Å². The average Bonchev–Trinajstić information content (AvgIpc) is 3.29. The van der Waals surface area contributed by atoms with Crippen molar-refractivity contribution in [1.29, 1.82) is 0 Å². The van der Waals surface area contributed by atoms with E-state index in [0.29, 0.717) is 19.3 Å². The standard InChI is InChI=1S/C58H98O6/c1-4-7-10-13-16-19-22-25-28-29-31-33-36-39-42-45-48-51-57(60)63-54-55(53-62-56(59)50-47-44-41-38-35-32-27-24-21-18-15-12-9-6-3)64-58(61)52-49-46-43-40-37-34-30-26-23-20-17-14-11-8-5-2/h16-17,19-20,24-28,30-31,33,37,40,55H,4-15,18,21-23,29,32,34-36,38-39,41-54H2,1-3H3/b19-16-,20-17-,27-24-,28-25-,30-26-,33-31-,40-37-/t55-/m1/s1. The van der Waals surface area contributed by atoms with Gasteiger partial charge in [-0.3, -0.25) is 14.4 Å². The summed E-state index contributed by atoms with van der Waals surface area (Å²) in [6.07, 6.45) is 67.0. The van der Waals surface area contributed by atoms with Crippen LogP contribution in [0, 0.1) is 0 Å². The van der Waals surface area contributed by atoms with Crippen LogP contribution in [0.2, 0.25) is 0 Å². The van der Waals surface area contributed by atoms with Crippen molar-refractivity contribution in [2.45, 2.75) is 252 Å². The molecule has 0 radical (unpaired) electrons. The zero-order chi connectivity index (χ0) is 46.5. The van der Waals surface area contributed by atoms with Crippen LogP contribution in [0.15, 0.2) is 85.1 Å². The van der Waals surface area contributed by atoms with Gasteiger partial charge < -0.3 is 14.2 Å². The Morgan fingerprint density at radius 2 is 0.562 bits per heavy atom. The van der Waals surface area contributed by atoms with Crippen molar-refractivity contribution >= 4 is 17.9 Å². The molecule has 0 aliphatic rings. The van der Waals surface area contributed by atoms with Gasteiger partial charge in [-0.1, -0.05) is 189 Å². The summed E-state index contributed by atoms with van der Waals surface area (Å²) in [5.74, 6) is -0.973. The van der Waals surface area contributed by atoms with Crippen molar-refractivity contribution in [3.63, 3.8) is 0 Å². The molecule has 0 N–H and O–H groups in total. The number of ether oxygens (including phenoxy) is 3. The highest BCUT2D eigenvalue weighted by atomic mass is 16.6. The Bertz CT molecular complexity index is 1250. The third-order valence-corrected chi connectivity index (χ3v) is 11.1. The second kappa shape index (κ2) is 52.2. The Kier molecular flexibility index (Phi) is 49.4. The number of esters is 3. The van der Waals surface area contributed by atoms with Gasteiger partial charge in [0, 0.05) is 19.3 Å². The second-order valence-electron chi connectivity index (χ2n) is 17.4. The molecule has 0 aromatic heterocycles. The second-order valence-corrected chi connectivity index (χ2v) is 17.4. The van der Waals surface area contributed by atoms with Crippen LogP contribution in [0.3, 0.4) is 0 Å². The predicted molar refractivity (Wildman–Crippen MR) is 274 cm³/mol. The van der Waals surface area contributed by atoms with Crippen LogP contribution in [0.4, 0.5) is 0 Å². The highest BCUT2D eigenvalue weighted by Crippen LogP contribution is 2.13. The third kappa shape index (κ3) is 49.6. The molecule has 0 aromatic carbocycles. The van der Waals surface area contributed by atoms with E-state index >= 15 is 0 Å². The van der Waals surface area contributed by atoms with Crippen LogP contribution in [-0.2, 0) is 28.6 Å². The lowest BCUT2D eigenvalue weighted by Gasteiger charge is -2.18.